The van der Waals surface area contributed by atoms with Crippen LogP contribution in [0.1, 0.15) is 42.6 Å². The molecular formula is C25H30ClN5O2. The van der Waals surface area contributed by atoms with Gasteiger partial charge in [0.1, 0.15) is 17.3 Å². The van der Waals surface area contributed by atoms with Crippen molar-refractivity contribution in [3.63, 3.8) is 0 Å². The Morgan fingerprint density at radius 2 is 1.70 bits per heavy atom. The number of hydrogen-bond donors (Lipinski definition) is 2. The van der Waals surface area contributed by atoms with Crippen molar-refractivity contribution in [3.8, 4) is 0 Å². The topological polar surface area (TPSA) is 81.6 Å². The Morgan fingerprint density at radius 1 is 1.00 bits per heavy atom. The Bertz CT molecular complexity index is 1020. The maximum Gasteiger partial charge on any atom is 0.270 e. The molecule has 4 aliphatic carbocycles. The molecule has 7 nitrogen and oxygen atoms in total. The highest BCUT2D eigenvalue weighted by molar-refractivity contribution is 6.30. The zero-order valence-electron chi connectivity index (χ0n) is 18.7. The highest BCUT2D eigenvalue weighted by atomic mass is 35.5. The number of nitrogens with zero attached hydrogens (tertiary/aromatic N) is 4. The van der Waals surface area contributed by atoms with Crippen LogP contribution in [0.4, 0.5) is 11.6 Å². The largest absolute Gasteiger partial charge is 0.390 e. The molecule has 1 saturated heterocycles. The summed E-state index contributed by atoms with van der Waals surface area (Å²) in [6.45, 7) is 3.30. The predicted molar refractivity (Wildman–Crippen MR) is 128 cm³/mol. The van der Waals surface area contributed by atoms with Gasteiger partial charge >= 0.3 is 0 Å². The summed E-state index contributed by atoms with van der Waals surface area (Å²) in [6.07, 6.45) is 6.53. The number of anilines is 2. The Balaban J connectivity index is 1.10. The van der Waals surface area contributed by atoms with Gasteiger partial charge in [0.05, 0.1) is 10.6 Å². The summed E-state index contributed by atoms with van der Waals surface area (Å²) in [6, 6.07) is 9.68. The number of hydrogen-bond acceptors (Lipinski definition) is 6. The third-order valence-corrected chi connectivity index (χ3v) is 8.37. The molecule has 2 atom stereocenters. The number of halogens is 1. The molecule has 5 fully saturated rings. The molecule has 2 aromatic heterocycles. The van der Waals surface area contributed by atoms with Crippen molar-refractivity contribution >= 4 is 29.1 Å². The van der Waals surface area contributed by atoms with Crippen LogP contribution in [0.25, 0.3) is 0 Å². The first-order valence-electron chi connectivity index (χ1n) is 12.1. The first-order valence-corrected chi connectivity index (χ1v) is 12.5. The zero-order valence-corrected chi connectivity index (χ0v) is 19.4. The van der Waals surface area contributed by atoms with Gasteiger partial charge in [-0.2, -0.15) is 0 Å². The van der Waals surface area contributed by atoms with Crippen LogP contribution in [0.15, 0.2) is 36.5 Å². The van der Waals surface area contributed by atoms with Crippen LogP contribution in [0, 0.1) is 17.8 Å². The van der Waals surface area contributed by atoms with Crippen molar-refractivity contribution in [2.45, 2.75) is 43.7 Å². The number of piperazine rings is 1. The Kier molecular flexibility index (Phi) is 5.22. The summed E-state index contributed by atoms with van der Waals surface area (Å²) in [5.41, 5.74) is -0.0126. The molecule has 4 bridgehead atoms. The molecule has 2 aromatic rings. The van der Waals surface area contributed by atoms with Gasteiger partial charge in [-0.1, -0.05) is 17.7 Å². The first-order chi connectivity index (χ1) is 16.0. The lowest BCUT2D eigenvalue weighted by molar-refractivity contribution is -0.136. The molecule has 0 aromatic carbocycles. The fraction of sp³-hybridized carbons (Fsp3) is 0.560. The minimum Gasteiger partial charge on any atom is -0.390 e. The second-order valence-corrected chi connectivity index (χ2v) is 10.8. The lowest BCUT2D eigenvalue weighted by atomic mass is 9.52. The predicted octanol–water partition coefficient (Wildman–Crippen LogP) is 3.13. The molecule has 8 heteroatoms. The highest BCUT2D eigenvalue weighted by Crippen LogP contribution is 2.55. The summed E-state index contributed by atoms with van der Waals surface area (Å²) < 4.78 is 0. The fourth-order valence-electron chi connectivity index (χ4n) is 6.89. The quantitative estimate of drug-likeness (QED) is 0.719. The summed E-state index contributed by atoms with van der Waals surface area (Å²) in [5.74, 6) is 3.09. The molecule has 4 saturated carbocycles. The normalized spacial score (nSPS) is 32.8. The van der Waals surface area contributed by atoms with Gasteiger partial charge in [0.25, 0.3) is 5.91 Å². The van der Waals surface area contributed by atoms with Crippen molar-refractivity contribution in [1.29, 1.82) is 0 Å². The van der Waals surface area contributed by atoms with Gasteiger partial charge in [-0.3, -0.25) is 4.79 Å². The smallest absolute Gasteiger partial charge is 0.270 e. The van der Waals surface area contributed by atoms with E-state index in [1.165, 1.54) is 0 Å². The van der Waals surface area contributed by atoms with Crippen molar-refractivity contribution < 1.29 is 9.90 Å². The highest BCUT2D eigenvalue weighted by Gasteiger charge is 2.55. The van der Waals surface area contributed by atoms with E-state index in [0.717, 1.165) is 69.9 Å². The van der Waals surface area contributed by atoms with Crippen molar-refractivity contribution in [2.24, 2.45) is 17.8 Å². The number of rotatable bonds is 4. The lowest BCUT2D eigenvalue weighted by Crippen LogP contribution is -2.61. The van der Waals surface area contributed by atoms with Gasteiger partial charge < -0.3 is 20.2 Å². The van der Waals surface area contributed by atoms with Crippen LogP contribution in [0.3, 0.4) is 0 Å². The van der Waals surface area contributed by atoms with Gasteiger partial charge in [0.2, 0.25) is 0 Å². The van der Waals surface area contributed by atoms with Crippen molar-refractivity contribution in [1.82, 2.24) is 15.3 Å². The molecule has 33 heavy (non-hydrogen) atoms. The Hall–Kier alpha value is -2.38. The average Bonchev–Trinajstić information content (AvgIpc) is 2.81. The van der Waals surface area contributed by atoms with Gasteiger partial charge in [-0.25, -0.2) is 9.97 Å². The Labute approximate surface area is 199 Å². The molecule has 174 valence electrons. The summed E-state index contributed by atoms with van der Waals surface area (Å²) >= 11 is 5.96. The standard InChI is InChI=1S/C25H30ClN5O2/c26-19-4-5-21(27-15-19)30-6-8-31(9-7-30)22-3-1-2-20(28-22)24(32)29-23-17-10-16-11-18(23)14-25(33,12-16)13-17/h1-5,15-18,23,33H,6-14H2,(H,29,32)/t16?,17?,18?,23-,25-. The third-order valence-electron chi connectivity index (χ3n) is 8.15. The van der Waals surface area contributed by atoms with Gasteiger partial charge in [-0.05, 0) is 74.1 Å². The molecule has 5 aliphatic rings. The molecule has 7 rings (SSSR count). The molecule has 0 radical (unpaired) electrons. The van der Waals surface area contributed by atoms with E-state index in [1.807, 2.05) is 24.3 Å². The SMILES string of the molecule is O=C(N[C@H]1C2CC3CC1C[C@](O)(C3)C2)c1cccc(N2CCN(c3ccc(Cl)cn3)CC2)n1. The molecule has 1 amide bonds. The second-order valence-electron chi connectivity index (χ2n) is 10.4. The van der Waals surface area contributed by atoms with E-state index in [9.17, 15) is 9.90 Å². The monoisotopic (exact) mass is 467 g/mol. The van der Waals surface area contributed by atoms with E-state index in [2.05, 4.69) is 20.1 Å². The molecule has 0 spiro atoms. The van der Waals surface area contributed by atoms with Crippen LogP contribution in [0.5, 0.6) is 0 Å². The number of aromatic nitrogens is 2. The maximum atomic E-state index is 13.1. The summed E-state index contributed by atoms with van der Waals surface area (Å²) in [5, 5.41) is 14.8. The van der Waals surface area contributed by atoms with E-state index >= 15 is 0 Å². The molecule has 1 aliphatic heterocycles. The van der Waals surface area contributed by atoms with Crippen LogP contribution in [-0.4, -0.2) is 58.8 Å². The molecule has 2 unspecified atom stereocenters. The zero-order chi connectivity index (χ0) is 22.6. The fourth-order valence-corrected chi connectivity index (χ4v) is 7.00. The van der Waals surface area contributed by atoms with Crippen LogP contribution < -0.4 is 15.1 Å². The van der Waals surface area contributed by atoms with Gasteiger partial charge in [-0.15, -0.1) is 0 Å². The van der Waals surface area contributed by atoms with E-state index in [1.54, 1.807) is 12.3 Å². The van der Waals surface area contributed by atoms with E-state index in [0.29, 0.717) is 28.5 Å². The van der Waals surface area contributed by atoms with Gasteiger partial charge in [0.15, 0.2) is 0 Å². The maximum absolute atomic E-state index is 13.1. The Morgan fingerprint density at radius 3 is 2.33 bits per heavy atom. The van der Waals surface area contributed by atoms with Crippen molar-refractivity contribution in [3.05, 3.63) is 47.2 Å². The van der Waals surface area contributed by atoms with Crippen LogP contribution in [-0.2, 0) is 0 Å². The number of pyridine rings is 2. The third kappa shape index (κ3) is 4.06. The number of nitrogens with one attached hydrogen (secondary N) is 1. The number of amides is 1. The summed E-state index contributed by atoms with van der Waals surface area (Å²) in [4.78, 5) is 26.7. The van der Waals surface area contributed by atoms with E-state index in [4.69, 9.17) is 16.6 Å². The lowest BCUT2D eigenvalue weighted by Gasteiger charge is -2.58. The van der Waals surface area contributed by atoms with Crippen LogP contribution in [0.2, 0.25) is 5.02 Å². The first kappa shape index (κ1) is 21.2. The summed E-state index contributed by atoms with van der Waals surface area (Å²) in [7, 11) is 0. The number of carbonyl (C=O) groups is 1. The second kappa shape index (κ2) is 8.13. The van der Waals surface area contributed by atoms with Crippen molar-refractivity contribution in [2.75, 3.05) is 36.0 Å². The molecule has 3 heterocycles. The molecule has 2 N–H and O–H groups in total. The van der Waals surface area contributed by atoms with E-state index in [-0.39, 0.29) is 11.9 Å². The minimum absolute atomic E-state index is 0.0923. The number of carbonyl (C=O) groups excluding carboxylic acids is 1. The number of aliphatic hydroxyl groups is 1. The van der Waals surface area contributed by atoms with Crippen LogP contribution >= 0.6 is 11.6 Å². The minimum atomic E-state index is -0.487. The van der Waals surface area contributed by atoms with Gasteiger partial charge in [0, 0.05) is 38.4 Å². The average molecular weight is 468 g/mol. The van der Waals surface area contributed by atoms with E-state index < -0.39 is 5.60 Å². The molecular weight excluding hydrogens is 438 g/mol.